The highest BCUT2D eigenvalue weighted by molar-refractivity contribution is 7.87. The third kappa shape index (κ3) is 5.42. The van der Waals surface area contributed by atoms with E-state index in [1.165, 1.54) is 0 Å². The number of alkyl halides is 4. The summed E-state index contributed by atoms with van der Waals surface area (Å²) < 4.78 is 94.2. The summed E-state index contributed by atoms with van der Waals surface area (Å²) >= 11 is 0. The Hall–Kier alpha value is -0.273. The minimum absolute atomic E-state index is 0.00545. The van der Waals surface area contributed by atoms with E-state index in [9.17, 15) is 26.0 Å². The molecule has 0 aromatic heterocycles. The van der Waals surface area contributed by atoms with Crippen LogP contribution in [0.25, 0.3) is 0 Å². The van der Waals surface area contributed by atoms with E-state index in [0.717, 1.165) is 19.3 Å². The van der Waals surface area contributed by atoms with Crippen LogP contribution in [0.15, 0.2) is 0 Å². The normalized spacial score (nSPS) is 23.8. The van der Waals surface area contributed by atoms with Gasteiger partial charge < -0.3 is 13.9 Å². The Labute approximate surface area is 127 Å². The highest BCUT2D eigenvalue weighted by Crippen LogP contribution is 2.39. The molecule has 1 aliphatic rings. The average molecular weight is 370 g/mol. The fourth-order valence-corrected chi connectivity index (χ4v) is 3.70. The van der Waals surface area contributed by atoms with Gasteiger partial charge in [-0.1, -0.05) is 0 Å². The minimum Gasteiger partial charge on any atom is -0.421 e. The van der Waals surface area contributed by atoms with Crippen LogP contribution in [0.2, 0.25) is 0 Å². The van der Waals surface area contributed by atoms with Gasteiger partial charge in [0, 0.05) is 13.2 Å². The van der Waals surface area contributed by atoms with Crippen molar-refractivity contribution in [1.29, 1.82) is 0 Å². The van der Waals surface area contributed by atoms with Crippen molar-refractivity contribution in [2.75, 3.05) is 19.8 Å². The molecule has 1 rings (SSSR count). The second-order valence-electron chi connectivity index (χ2n) is 4.77. The molecule has 0 radical (unpaired) electrons. The van der Waals surface area contributed by atoms with Crippen molar-refractivity contribution in [3.8, 4) is 0 Å². The minimum atomic E-state index is -6.10. The molecule has 0 amide bonds. The molecule has 2 atom stereocenters. The lowest BCUT2D eigenvalue weighted by molar-refractivity contribution is -0.291. The van der Waals surface area contributed by atoms with Crippen molar-refractivity contribution in [2.24, 2.45) is 0 Å². The SMILES string of the molecule is O=S(=O)(O)C(F)(OCCCO[SiH2]C1CCCCO1)C(F)(F)F. The fraction of sp³-hybridized carbons (Fsp3) is 1.00. The molecular weight excluding hydrogens is 352 g/mol. The highest BCUT2D eigenvalue weighted by Gasteiger charge is 2.67. The lowest BCUT2D eigenvalue weighted by atomic mass is 10.2. The molecule has 0 spiro atoms. The van der Waals surface area contributed by atoms with Crippen molar-refractivity contribution < 1.29 is 44.4 Å². The molecule has 1 aliphatic heterocycles. The standard InChI is InChI=1S/C10H18F4O6SSi/c11-9(12,13)10(14,21(15,16)17)19-6-3-7-20-22-8-4-1-2-5-18-8/h8H,1-7,22H2,(H,15,16,17). The van der Waals surface area contributed by atoms with E-state index in [1.807, 2.05) is 0 Å². The van der Waals surface area contributed by atoms with Crippen LogP contribution >= 0.6 is 0 Å². The monoisotopic (exact) mass is 370 g/mol. The second-order valence-corrected chi connectivity index (χ2v) is 7.90. The molecule has 0 bridgehead atoms. The maximum atomic E-state index is 13.4. The molecule has 0 aromatic rings. The molecule has 2 unspecified atom stereocenters. The molecule has 0 aromatic carbocycles. The topological polar surface area (TPSA) is 82.1 Å². The fourth-order valence-electron chi connectivity index (χ4n) is 1.82. The molecule has 1 heterocycles. The van der Waals surface area contributed by atoms with E-state index in [0.29, 0.717) is 6.61 Å². The average Bonchev–Trinajstić information content (AvgIpc) is 2.41. The Morgan fingerprint density at radius 1 is 1.23 bits per heavy atom. The van der Waals surface area contributed by atoms with Crippen LogP contribution in [-0.2, 0) is 24.0 Å². The molecule has 6 nitrogen and oxygen atoms in total. The summed E-state index contributed by atoms with van der Waals surface area (Å²) in [5.74, 6) is 0. The van der Waals surface area contributed by atoms with Crippen molar-refractivity contribution in [3.63, 3.8) is 0 Å². The van der Waals surface area contributed by atoms with E-state index in [-0.39, 0.29) is 18.8 Å². The summed E-state index contributed by atoms with van der Waals surface area (Å²) in [5, 5.41) is -5.12. The molecule has 1 fully saturated rings. The summed E-state index contributed by atoms with van der Waals surface area (Å²) in [6.07, 6.45) is -3.13. The van der Waals surface area contributed by atoms with Gasteiger partial charge in [0.15, 0.2) is 9.76 Å². The zero-order valence-electron chi connectivity index (χ0n) is 11.6. The van der Waals surface area contributed by atoms with Gasteiger partial charge >= 0.3 is 21.5 Å². The molecule has 132 valence electrons. The van der Waals surface area contributed by atoms with Gasteiger partial charge in [-0.05, 0) is 25.7 Å². The van der Waals surface area contributed by atoms with E-state index < -0.39 is 37.9 Å². The summed E-state index contributed by atoms with van der Waals surface area (Å²) in [4.78, 5) is 0. The zero-order valence-corrected chi connectivity index (χ0v) is 13.9. The summed E-state index contributed by atoms with van der Waals surface area (Å²) in [6.45, 7) is -0.199. The van der Waals surface area contributed by atoms with Crippen LogP contribution in [0.1, 0.15) is 25.7 Å². The lowest BCUT2D eigenvalue weighted by Gasteiger charge is -2.24. The third-order valence-electron chi connectivity index (χ3n) is 2.97. The highest BCUT2D eigenvalue weighted by atomic mass is 32.2. The van der Waals surface area contributed by atoms with Crippen LogP contribution in [0, 0.1) is 0 Å². The van der Waals surface area contributed by atoms with Gasteiger partial charge in [0.05, 0.1) is 12.3 Å². The van der Waals surface area contributed by atoms with Crippen molar-refractivity contribution >= 4 is 19.9 Å². The number of hydrogen-bond donors (Lipinski definition) is 1. The largest absolute Gasteiger partial charge is 0.467 e. The van der Waals surface area contributed by atoms with Crippen LogP contribution in [0.4, 0.5) is 17.6 Å². The predicted octanol–water partition coefficient (Wildman–Crippen LogP) is 1.09. The zero-order chi connectivity index (χ0) is 16.9. The van der Waals surface area contributed by atoms with Gasteiger partial charge in [-0.25, -0.2) is 0 Å². The summed E-state index contributed by atoms with van der Waals surface area (Å²) in [5.41, 5.74) is 0.0583. The quantitative estimate of drug-likeness (QED) is 0.298. The van der Waals surface area contributed by atoms with E-state index in [2.05, 4.69) is 4.74 Å². The summed E-state index contributed by atoms with van der Waals surface area (Å²) in [6, 6.07) is 0. The number of halogens is 4. The number of hydrogen-bond acceptors (Lipinski definition) is 5. The van der Waals surface area contributed by atoms with Gasteiger partial charge in [0.2, 0.25) is 0 Å². The Bertz CT molecular complexity index is 439. The van der Waals surface area contributed by atoms with Crippen molar-refractivity contribution in [2.45, 2.75) is 42.8 Å². The molecule has 12 heteroatoms. The van der Waals surface area contributed by atoms with Crippen LogP contribution in [0.3, 0.4) is 0 Å². The first-order valence-electron chi connectivity index (χ1n) is 6.64. The molecule has 1 N–H and O–H groups in total. The van der Waals surface area contributed by atoms with Crippen LogP contribution in [0.5, 0.6) is 0 Å². The van der Waals surface area contributed by atoms with Crippen LogP contribution < -0.4 is 0 Å². The van der Waals surface area contributed by atoms with Gasteiger partial charge in [-0.2, -0.15) is 26.0 Å². The summed E-state index contributed by atoms with van der Waals surface area (Å²) in [7, 11) is -7.11. The maximum Gasteiger partial charge on any atom is 0.467 e. The second kappa shape index (κ2) is 8.01. The number of rotatable bonds is 8. The van der Waals surface area contributed by atoms with Crippen molar-refractivity contribution in [3.05, 3.63) is 0 Å². The van der Waals surface area contributed by atoms with Gasteiger partial charge in [0.25, 0.3) is 0 Å². The van der Waals surface area contributed by atoms with Gasteiger partial charge in [0.1, 0.15) is 0 Å². The first-order chi connectivity index (χ1) is 10.1. The maximum absolute atomic E-state index is 13.4. The molecule has 0 aliphatic carbocycles. The predicted molar refractivity (Wildman–Crippen MR) is 70.1 cm³/mol. The molecule has 0 saturated carbocycles. The Morgan fingerprint density at radius 3 is 2.41 bits per heavy atom. The molecule has 22 heavy (non-hydrogen) atoms. The molecule has 1 saturated heterocycles. The smallest absolute Gasteiger partial charge is 0.421 e. The van der Waals surface area contributed by atoms with Crippen LogP contribution in [-0.4, -0.2) is 59.6 Å². The first kappa shape index (κ1) is 19.8. The van der Waals surface area contributed by atoms with Gasteiger partial charge in [-0.3, -0.25) is 4.55 Å². The Morgan fingerprint density at radius 2 is 1.91 bits per heavy atom. The van der Waals surface area contributed by atoms with E-state index >= 15 is 0 Å². The lowest BCUT2D eigenvalue weighted by Crippen LogP contribution is -2.50. The van der Waals surface area contributed by atoms with Gasteiger partial charge in [-0.15, -0.1) is 0 Å². The first-order valence-corrected chi connectivity index (χ1v) is 9.47. The Balaban J connectivity index is 2.29. The van der Waals surface area contributed by atoms with Crippen molar-refractivity contribution in [1.82, 2.24) is 0 Å². The van der Waals surface area contributed by atoms with E-state index in [1.54, 1.807) is 0 Å². The third-order valence-corrected chi connectivity index (χ3v) is 5.52. The Kier molecular flexibility index (Phi) is 7.20. The molecular formula is C10H18F4O6SSi. The van der Waals surface area contributed by atoms with E-state index in [4.69, 9.17) is 13.7 Å². The number of ether oxygens (including phenoxy) is 2.